The lowest BCUT2D eigenvalue weighted by molar-refractivity contribution is -0.119. The Labute approximate surface area is 146 Å². The number of hydrogen-bond donors (Lipinski definition) is 2. The van der Waals surface area contributed by atoms with Crippen LogP contribution in [0.3, 0.4) is 0 Å². The topological polar surface area (TPSA) is 83.3 Å². The summed E-state index contributed by atoms with van der Waals surface area (Å²) in [5, 5.41) is 1.10. The highest BCUT2D eigenvalue weighted by molar-refractivity contribution is 5.93. The van der Waals surface area contributed by atoms with Crippen molar-refractivity contribution >= 4 is 16.8 Å². The predicted molar refractivity (Wildman–Crippen MR) is 97.2 cm³/mol. The molecule has 1 amide bonds. The third-order valence-corrected chi connectivity index (χ3v) is 5.10. The summed E-state index contributed by atoms with van der Waals surface area (Å²) in [6.45, 7) is 0.650. The van der Waals surface area contributed by atoms with Crippen LogP contribution in [0.15, 0.2) is 48.5 Å². The minimum Gasteiger partial charge on any atom is -0.409 e. The van der Waals surface area contributed by atoms with Gasteiger partial charge < -0.3 is 15.1 Å². The molecule has 0 saturated heterocycles. The number of rotatable bonds is 4. The van der Waals surface area contributed by atoms with Crippen LogP contribution in [0.1, 0.15) is 35.6 Å². The molecule has 3 aromatic rings. The summed E-state index contributed by atoms with van der Waals surface area (Å²) in [7, 11) is 0. The van der Waals surface area contributed by atoms with Crippen molar-refractivity contribution in [3.05, 3.63) is 65.4 Å². The number of nitrogens with zero attached hydrogens (tertiary/aromatic N) is 1. The Morgan fingerprint density at radius 2 is 1.96 bits per heavy atom. The first-order valence-electron chi connectivity index (χ1n) is 8.54. The lowest BCUT2D eigenvalue weighted by Crippen LogP contribution is -2.27. The van der Waals surface area contributed by atoms with Gasteiger partial charge in [0.1, 0.15) is 0 Å². The first-order chi connectivity index (χ1) is 12.2. The molecule has 1 aliphatic carbocycles. The van der Waals surface area contributed by atoms with E-state index >= 15 is 0 Å². The molecule has 0 fully saturated rings. The van der Waals surface area contributed by atoms with Crippen LogP contribution in [0.5, 0.6) is 5.75 Å². The Morgan fingerprint density at radius 1 is 1.16 bits per heavy atom. The van der Waals surface area contributed by atoms with Crippen LogP contribution in [-0.2, 0) is 17.8 Å². The Hall–Kier alpha value is -2.79. The minimum atomic E-state index is -0.273. The molecule has 0 spiro atoms. The number of benzene rings is 2. The fourth-order valence-corrected chi connectivity index (χ4v) is 4.05. The van der Waals surface area contributed by atoms with Gasteiger partial charge in [0.25, 0.3) is 0 Å². The van der Waals surface area contributed by atoms with Crippen LogP contribution in [0, 0.1) is 0 Å². The van der Waals surface area contributed by atoms with E-state index in [0.29, 0.717) is 12.3 Å². The molecule has 0 bridgehead atoms. The molecule has 0 radical (unpaired) electrons. The largest absolute Gasteiger partial charge is 0.409 e. The fraction of sp³-hybridized carbons (Fsp3) is 0.250. The molecule has 25 heavy (non-hydrogen) atoms. The maximum Gasteiger partial charge on any atom is 0.226 e. The van der Waals surface area contributed by atoms with E-state index in [1.54, 1.807) is 0 Å². The number of aromatic nitrogens is 1. The number of hydrogen-bond acceptors (Lipinski definition) is 3. The summed E-state index contributed by atoms with van der Waals surface area (Å²) < 4.78 is 2.16. The van der Waals surface area contributed by atoms with Crippen molar-refractivity contribution in [2.75, 3.05) is 0 Å². The van der Waals surface area contributed by atoms with Gasteiger partial charge in [-0.15, -0.1) is 0 Å². The molecule has 1 aromatic heterocycles. The van der Waals surface area contributed by atoms with Crippen molar-refractivity contribution < 1.29 is 9.63 Å². The van der Waals surface area contributed by atoms with Gasteiger partial charge in [0.05, 0.1) is 11.4 Å². The van der Waals surface area contributed by atoms with Crippen molar-refractivity contribution in [3.8, 4) is 5.75 Å². The maximum absolute atomic E-state index is 12.1. The molecule has 1 atom stereocenters. The average Bonchev–Trinajstić information content (AvgIpc) is 2.96. The van der Waals surface area contributed by atoms with Crippen molar-refractivity contribution in [2.45, 2.75) is 31.7 Å². The van der Waals surface area contributed by atoms with Crippen molar-refractivity contribution in [1.82, 2.24) is 4.57 Å². The van der Waals surface area contributed by atoms with Gasteiger partial charge in [-0.25, -0.2) is 0 Å². The highest BCUT2D eigenvalue weighted by Gasteiger charge is 2.32. The van der Waals surface area contributed by atoms with E-state index in [2.05, 4.69) is 22.8 Å². The zero-order valence-electron chi connectivity index (χ0n) is 13.9. The number of fused-ring (bicyclic) bond motifs is 3. The first-order valence-corrected chi connectivity index (χ1v) is 8.54. The SMILES string of the molecule is NOc1cccc2c3c(n(Cc4ccccc4)c12)C(C(N)=O)CCC3. The third kappa shape index (κ3) is 2.57. The molecule has 0 saturated carbocycles. The molecule has 4 N–H and O–H groups in total. The predicted octanol–water partition coefficient (Wildman–Crippen LogP) is 2.85. The van der Waals surface area contributed by atoms with E-state index in [-0.39, 0.29) is 11.8 Å². The first kappa shape index (κ1) is 15.7. The molecule has 1 aliphatic rings. The molecule has 2 aromatic carbocycles. The monoisotopic (exact) mass is 335 g/mol. The molecule has 5 heteroatoms. The molecule has 0 aliphatic heterocycles. The van der Waals surface area contributed by atoms with Gasteiger partial charge in [-0.3, -0.25) is 4.79 Å². The van der Waals surface area contributed by atoms with E-state index < -0.39 is 0 Å². The second kappa shape index (κ2) is 6.26. The number of para-hydroxylation sites is 1. The van der Waals surface area contributed by atoms with Gasteiger partial charge in [0.2, 0.25) is 5.91 Å². The Balaban J connectivity index is 2.00. The number of primary amides is 1. The van der Waals surface area contributed by atoms with Crippen LogP contribution in [0.2, 0.25) is 0 Å². The van der Waals surface area contributed by atoms with Crippen LogP contribution in [0.25, 0.3) is 10.9 Å². The lowest BCUT2D eigenvalue weighted by Gasteiger charge is -2.23. The summed E-state index contributed by atoms with van der Waals surface area (Å²) >= 11 is 0. The van der Waals surface area contributed by atoms with Gasteiger partial charge in [0.15, 0.2) is 5.75 Å². The Morgan fingerprint density at radius 3 is 2.68 bits per heavy atom. The summed E-state index contributed by atoms with van der Waals surface area (Å²) in [6.07, 6.45) is 2.68. The lowest BCUT2D eigenvalue weighted by atomic mass is 9.86. The fourth-order valence-electron chi connectivity index (χ4n) is 4.05. The molecule has 128 valence electrons. The van der Waals surface area contributed by atoms with Gasteiger partial charge in [-0.2, -0.15) is 5.90 Å². The number of carbonyl (C=O) groups is 1. The standard InChI is InChI=1S/C20H21N3O2/c21-20(24)16-10-4-8-14-15-9-5-11-17(25-22)19(15)23(18(14)16)12-13-6-2-1-3-7-13/h1-3,5-7,9,11,16H,4,8,10,12,22H2,(H2,21,24). The normalized spacial score (nSPS) is 16.6. The highest BCUT2D eigenvalue weighted by Crippen LogP contribution is 2.41. The Kier molecular flexibility index (Phi) is 3.93. The number of carbonyl (C=O) groups excluding carboxylic acids is 1. The minimum absolute atomic E-state index is 0.270. The second-order valence-electron chi connectivity index (χ2n) is 6.55. The molecule has 4 rings (SSSR count). The Bertz CT molecular complexity index is 931. The molecule has 1 heterocycles. The summed E-state index contributed by atoms with van der Waals surface area (Å²) in [6, 6.07) is 16.0. The van der Waals surface area contributed by atoms with Crippen molar-refractivity contribution in [2.24, 2.45) is 11.6 Å². The molecule has 1 unspecified atom stereocenters. The smallest absolute Gasteiger partial charge is 0.226 e. The van der Waals surface area contributed by atoms with E-state index in [1.165, 1.54) is 5.56 Å². The van der Waals surface area contributed by atoms with E-state index in [4.69, 9.17) is 16.5 Å². The zero-order valence-corrected chi connectivity index (χ0v) is 13.9. The van der Waals surface area contributed by atoms with Crippen LogP contribution in [0.4, 0.5) is 0 Å². The quantitative estimate of drug-likeness (QED) is 0.719. The summed E-state index contributed by atoms with van der Waals surface area (Å²) in [4.78, 5) is 17.2. The number of amides is 1. The third-order valence-electron chi connectivity index (χ3n) is 5.10. The van der Waals surface area contributed by atoms with E-state index in [9.17, 15) is 4.79 Å². The summed E-state index contributed by atoms with van der Waals surface area (Å²) in [5.41, 5.74) is 10.0. The van der Waals surface area contributed by atoms with Crippen LogP contribution in [-0.4, -0.2) is 10.5 Å². The average molecular weight is 335 g/mol. The van der Waals surface area contributed by atoms with Crippen LogP contribution >= 0.6 is 0 Å². The van der Waals surface area contributed by atoms with Gasteiger partial charge in [-0.05, 0) is 36.5 Å². The molecular formula is C20H21N3O2. The van der Waals surface area contributed by atoms with Gasteiger partial charge in [0, 0.05) is 17.6 Å². The van der Waals surface area contributed by atoms with Crippen molar-refractivity contribution in [1.29, 1.82) is 0 Å². The maximum atomic E-state index is 12.1. The second-order valence-corrected chi connectivity index (χ2v) is 6.55. The number of aryl methyl sites for hydroxylation is 1. The number of nitrogens with two attached hydrogens (primary N) is 2. The molecular weight excluding hydrogens is 314 g/mol. The molecule has 5 nitrogen and oxygen atoms in total. The van der Waals surface area contributed by atoms with E-state index in [1.807, 2.05) is 30.3 Å². The van der Waals surface area contributed by atoms with Crippen molar-refractivity contribution in [3.63, 3.8) is 0 Å². The van der Waals surface area contributed by atoms with Gasteiger partial charge in [-0.1, -0.05) is 42.5 Å². The zero-order chi connectivity index (χ0) is 17.4. The van der Waals surface area contributed by atoms with E-state index in [0.717, 1.165) is 41.4 Å². The summed E-state index contributed by atoms with van der Waals surface area (Å²) in [5.74, 6) is 5.60. The van der Waals surface area contributed by atoms with Gasteiger partial charge >= 0.3 is 0 Å². The van der Waals surface area contributed by atoms with Crippen LogP contribution < -0.4 is 16.5 Å². The highest BCUT2D eigenvalue weighted by atomic mass is 16.6.